The van der Waals surface area contributed by atoms with E-state index in [-0.39, 0.29) is 5.91 Å². The summed E-state index contributed by atoms with van der Waals surface area (Å²) in [6, 6.07) is 15.2. The van der Waals surface area contributed by atoms with E-state index in [1.165, 1.54) is 0 Å². The van der Waals surface area contributed by atoms with E-state index in [2.05, 4.69) is 5.32 Å². The van der Waals surface area contributed by atoms with Crippen LogP contribution in [0.4, 0.5) is 5.69 Å². The molecule has 0 aliphatic carbocycles. The monoisotopic (exact) mass is 375 g/mol. The first-order valence-corrected chi connectivity index (χ1v) is 9.86. The number of anilines is 1. The fourth-order valence-electron chi connectivity index (χ4n) is 2.58. The number of hydrogen-bond acceptors (Lipinski definition) is 3. The number of thioether (sulfide) groups is 1. The van der Waals surface area contributed by atoms with E-state index in [0.717, 1.165) is 28.5 Å². The van der Waals surface area contributed by atoms with Gasteiger partial charge < -0.3 is 10.1 Å². The van der Waals surface area contributed by atoms with E-state index >= 15 is 0 Å². The standard InChI is InChI=1S/C20H22ClNO2S/c1-20(2,11-14-3-5-15(21)6-4-14)19(23)22-16-7-9-17(10-8-16)24-18-12-25-13-18/h3-10,18H,11-13H2,1-2H3,(H,22,23). The Morgan fingerprint density at radius 2 is 1.80 bits per heavy atom. The Hall–Kier alpha value is -1.65. The second kappa shape index (κ2) is 7.71. The molecule has 132 valence electrons. The van der Waals surface area contributed by atoms with Crippen LogP contribution in [0.1, 0.15) is 19.4 Å². The molecule has 2 aromatic carbocycles. The number of nitrogens with one attached hydrogen (secondary N) is 1. The van der Waals surface area contributed by atoms with E-state index in [4.69, 9.17) is 16.3 Å². The van der Waals surface area contributed by atoms with Crippen molar-refractivity contribution in [2.75, 3.05) is 16.8 Å². The fraction of sp³-hybridized carbons (Fsp3) is 0.350. The zero-order valence-corrected chi connectivity index (χ0v) is 16.0. The van der Waals surface area contributed by atoms with Crippen molar-refractivity contribution in [2.24, 2.45) is 5.41 Å². The van der Waals surface area contributed by atoms with Crippen molar-refractivity contribution in [2.45, 2.75) is 26.4 Å². The van der Waals surface area contributed by atoms with Gasteiger partial charge in [0.15, 0.2) is 0 Å². The van der Waals surface area contributed by atoms with Crippen molar-refractivity contribution in [1.82, 2.24) is 0 Å². The zero-order valence-electron chi connectivity index (χ0n) is 14.4. The van der Waals surface area contributed by atoms with E-state index in [1.807, 2.05) is 74.1 Å². The van der Waals surface area contributed by atoms with E-state index < -0.39 is 5.41 Å². The molecule has 1 aliphatic heterocycles. The molecule has 3 nitrogen and oxygen atoms in total. The van der Waals surface area contributed by atoms with Crippen molar-refractivity contribution in [3.63, 3.8) is 0 Å². The maximum Gasteiger partial charge on any atom is 0.230 e. The van der Waals surface area contributed by atoms with Gasteiger partial charge in [0.25, 0.3) is 0 Å². The van der Waals surface area contributed by atoms with Crippen molar-refractivity contribution in [3.8, 4) is 5.75 Å². The minimum Gasteiger partial charge on any atom is -0.489 e. The van der Waals surface area contributed by atoms with Crippen LogP contribution < -0.4 is 10.1 Å². The molecule has 1 aliphatic rings. The predicted octanol–water partition coefficient (Wildman–Crippen LogP) is 5.04. The molecule has 1 amide bonds. The average molecular weight is 376 g/mol. The molecule has 0 atom stereocenters. The van der Waals surface area contributed by atoms with Gasteiger partial charge in [-0.3, -0.25) is 4.79 Å². The highest BCUT2D eigenvalue weighted by Gasteiger charge is 2.28. The van der Waals surface area contributed by atoms with Gasteiger partial charge in [0.2, 0.25) is 5.91 Å². The lowest BCUT2D eigenvalue weighted by Gasteiger charge is -2.26. The lowest BCUT2D eigenvalue weighted by atomic mass is 9.84. The highest BCUT2D eigenvalue weighted by atomic mass is 35.5. The number of halogens is 1. The first kappa shape index (κ1) is 18.2. The Kier molecular flexibility index (Phi) is 5.60. The highest BCUT2D eigenvalue weighted by Crippen LogP contribution is 2.27. The van der Waals surface area contributed by atoms with Crippen molar-refractivity contribution in [1.29, 1.82) is 0 Å². The third kappa shape index (κ3) is 4.93. The van der Waals surface area contributed by atoms with Crippen LogP contribution in [0.3, 0.4) is 0 Å². The van der Waals surface area contributed by atoms with E-state index in [1.54, 1.807) is 0 Å². The summed E-state index contributed by atoms with van der Waals surface area (Å²) in [6.07, 6.45) is 0.972. The second-order valence-corrected chi connectivity index (χ2v) is 8.45. The molecular formula is C20H22ClNO2S. The summed E-state index contributed by atoms with van der Waals surface area (Å²) in [6.45, 7) is 3.89. The van der Waals surface area contributed by atoms with Gasteiger partial charge in [0.05, 0.1) is 0 Å². The molecule has 0 aromatic heterocycles. The molecule has 3 rings (SSSR count). The molecule has 1 N–H and O–H groups in total. The minimum atomic E-state index is -0.522. The lowest BCUT2D eigenvalue weighted by molar-refractivity contribution is -0.123. The summed E-state index contributed by atoms with van der Waals surface area (Å²) in [7, 11) is 0. The lowest BCUT2D eigenvalue weighted by Crippen LogP contribution is -2.32. The summed E-state index contributed by atoms with van der Waals surface area (Å²) in [5, 5.41) is 3.70. The topological polar surface area (TPSA) is 38.3 Å². The number of ether oxygens (including phenoxy) is 1. The second-order valence-electron chi connectivity index (χ2n) is 6.94. The molecule has 25 heavy (non-hydrogen) atoms. The molecule has 1 fully saturated rings. The first-order valence-electron chi connectivity index (χ1n) is 8.33. The summed E-state index contributed by atoms with van der Waals surface area (Å²) in [4.78, 5) is 12.7. The molecule has 2 aromatic rings. The molecule has 0 saturated carbocycles. The number of amides is 1. The Labute approximate surface area is 158 Å². The summed E-state index contributed by atoms with van der Waals surface area (Å²) in [5.41, 5.74) is 1.35. The molecule has 1 saturated heterocycles. The SMILES string of the molecule is CC(C)(Cc1ccc(Cl)cc1)C(=O)Nc1ccc(OC2CSC2)cc1. The van der Waals surface area contributed by atoms with Gasteiger partial charge >= 0.3 is 0 Å². The summed E-state index contributed by atoms with van der Waals surface area (Å²) in [5.74, 6) is 2.95. The number of hydrogen-bond donors (Lipinski definition) is 1. The molecule has 5 heteroatoms. The smallest absolute Gasteiger partial charge is 0.230 e. The van der Waals surface area contributed by atoms with E-state index in [0.29, 0.717) is 17.5 Å². The van der Waals surface area contributed by atoms with Crippen LogP contribution in [0.15, 0.2) is 48.5 Å². The van der Waals surface area contributed by atoms with Gasteiger partial charge in [0, 0.05) is 27.6 Å². The number of rotatable bonds is 6. The molecular weight excluding hydrogens is 354 g/mol. The van der Waals surface area contributed by atoms with Crippen LogP contribution in [-0.4, -0.2) is 23.5 Å². The minimum absolute atomic E-state index is 0.00786. The molecule has 0 radical (unpaired) electrons. The molecule has 0 bridgehead atoms. The van der Waals surface area contributed by atoms with Gasteiger partial charge in [-0.05, 0) is 48.4 Å². The van der Waals surface area contributed by atoms with Gasteiger partial charge in [-0.25, -0.2) is 0 Å². The number of benzene rings is 2. The van der Waals surface area contributed by atoms with Crippen molar-refractivity contribution in [3.05, 3.63) is 59.1 Å². The summed E-state index contributed by atoms with van der Waals surface area (Å²) < 4.78 is 5.82. The summed E-state index contributed by atoms with van der Waals surface area (Å²) >= 11 is 7.81. The Bertz CT molecular complexity index is 724. The molecule has 1 heterocycles. The Balaban J connectivity index is 1.58. The third-order valence-electron chi connectivity index (χ3n) is 4.20. The molecule has 0 unspecified atom stereocenters. The van der Waals surface area contributed by atoms with Gasteiger partial charge in [-0.2, -0.15) is 11.8 Å². The van der Waals surface area contributed by atoms with Crippen LogP contribution in [0, 0.1) is 5.41 Å². The van der Waals surface area contributed by atoms with Crippen LogP contribution in [0.2, 0.25) is 5.02 Å². The van der Waals surface area contributed by atoms with Crippen molar-refractivity contribution < 1.29 is 9.53 Å². The molecule has 0 spiro atoms. The predicted molar refractivity (Wildman–Crippen MR) is 106 cm³/mol. The average Bonchev–Trinajstić information content (AvgIpc) is 2.54. The fourth-order valence-corrected chi connectivity index (χ4v) is 3.27. The van der Waals surface area contributed by atoms with Gasteiger partial charge in [-0.15, -0.1) is 0 Å². The maximum atomic E-state index is 12.7. The van der Waals surface area contributed by atoms with Crippen molar-refractivity contribution >= 4 is 35.0 Å². The number of carbonyl (C=O) groups excluding carboxylic acids is 1. The maximum absolute atomic E-state index is 12.7. The van der Waals surface area contributed by atoms with Crippen LogP contribution in [0.25, 0.3) is 0 Å². The Morgan fingerprint density at radius 1 is 1.16 bits per heavy atom. The first-order chi connectivity index (χ1) is 11.9. The van der Waals surface area contributed by atoms with Crippen LogP contribution in [0.5, 0.6) is 5.75 Å². The Morgan fingerprint density at radius 3 is 2.36 bits per heavy atom. The number of carbonyl (C=O) groups is 1. The normalized spacial score (nSPS) is 14.7. The third-order valence-corrected chi connectivity index (χ3v) is 5.66. The zero-order chi connectivity index (χ0) is 17.9. The van der Waals surface area contributed by atoms with Crippen LogP contribution in [-0.2, 0) is 11.2 Å². The van der Waals surface area contributed by atoms with Gasteiger partial charge in [-0.1, -0.05) is 37.6 Å². The largest absolute Gasteiger partial charge is 0.489 e. The quantitative estimate of drug-likeness (QED) is 0.768. The highest BCUT2D eigenvalue weighted by molar-refractivity contribution is 8.00. The van der Waals surface area contributed by atoms with Crippen LogP contribution >= 0.6 is 23.4 Å². The van der Waals surface area contributed by atoms with E-state index in [9.17, 15) is 4.79 Å². The van der Waals surface area contributed by atoms with Gasteiger partial charge in [0.1, 0.15) is 11.9 Å².